The minimum Gasteiger partial charge on any atom is -0.369 e. The number of primary amides is 1. The Labute approximate surface area is 127 Å². The molecule has 2 saturated heterocycles. The number of likely N-dealkylation sites (tertiary alicyclic amines) is 2. The van der Waals surface area contributed by atoms with E-state index in [9.17, 15) is 9.59 Å². The number of amides is 2. The molecule has 0 radical (unpaired) electrons. The number of nitrogens with zero attached hydrogens (tertiary/aromatic N) is 2. The van der Waals surface area contributed by atoms with E-state index in [1.807, 2.05) is 6.92 Å². The number of piperidine rings is 2. The van der Waals surface area contributed by atoms with E-state index < -0.39 is 0 Å². The van der Waals surface area contributed by atoms with Gasteiger partial charge in [0.05, 0.1) is 6.04 Å². The first kappa shape index (κ1) is 16.3. The highest BCUT2D eigenvalue weighted by Crippen LogP contribution is 2.25. The molecule has 0 aromatic carbocycles. The maximum atomic E-state index is 12.8. The number of carbonyl (C=O) groups excluding carboxylic acids is 2. The summed E-state index contributed by atoms with van der Waals surface area (Å²) in [5.41, 5.74) is 5.37. The van der Waals surface area contributed by atoms with E-state index in [0.29, 0.717) is 12.1 Å². The second-order valence-corrected chi connectivity index (χ2v) is 6.76. The molecule has 0 bridgehead atoms. The van der Waals surface area contributed by atoms with E-state index >= 15 is 0 Å². The summed E-state index contributed by atoms with van der Waals surface area (Å²) in [6, 6.07) is 0.584. The van der Waals surface area contributed by atoms with Crippen LogP contribution in [0.2, 0.25) is 0 Å². The van der Waals surface area contributed by atoms with Crippen LogP contribution in [0.4, 0.5) is 0 Å². The van der Waals surface area contributed by atoms with Crippen LogP contribution in [0.5, 0.6) is 0 Å². The molecule has 0 spiro atoms. The lowest BCUT2D eigenvalue weighted by Crippen LogP contribution is -2.56. The van der Waals surface area contributed by atoms with Gasteiger partial charge in [0.2, 0.25) is 11.8 Å². The van der Waals surface area contributed by atoms with Crippen molar-refractivity contribution in [3.05, 3.63) is 0 Å². The van der Waals surface area contributed by atoms with E-state index in [2.05, 4.69) is 23.6 Å². The third-order valence-corrected chi connectivity index (χ3v) is 5.29. The zero-order valence-electron chi connectivity index (χ0n) is 13.5. The van der Waals surface area contributed by atoms with Crippen LogP contribution in [0.3, 0.4) is 0 Å². The molecule has 3 atom stereocenters. The average molecular weight is 295 g/mol. The third-order valence-electron chi connectivity index (χ3n) is 5.29. The van der Waals surface area contributed by atoms with E-state index in [-0.39, 0.29) is 23.8 Å². The smallest absolute Gasteiger partial charge is 0.240 e. The summed E-state index contributed by atoms with van der Waals surface area (Å²) in [6.45, 7) is 7.88. The summed E-state index contributed by atoms with van der Waals surface area (Å²) in [4.78, 5) is 28.3. The van der Waals surface area contributed by atoms with E-state index in [0.717, 1.165) is 38.8 Å². The minimum absolute atomic E-state index is 0.0172. The summed E-state index contributed by atoms with van der Waals surface area (Å²) in [7, 11) is 0. The number of hydrogen-bond donors (Lipinski definition) is 1. The number of rotatable bonds is 3. The quantitative estimate of drug-likeness (QED) is 0.855. The lowest BCUT2D eigenvalue weighted by Gasteiger charge is -2.43. The number of nitrogens with two attached hydrogens (primary N) is 1. The fourth-order valence-corrected chi connectivity index (χ4v) is 3.80. The summed E-state index contributed by atoms with van der Waals surface area (Å²) < 4.78 is 0. The molecule has 0 saturated carbocycles. The molecule has 2 aliphatic heterocycles. The Morgan fingerprint density at radius 2 is 1.57 bits per heavy atom. The highest BCUT2D eigenvalue weighted by Gasteiger charge is 2.35. The van der Waals surface area contributed by atoms with Crippen LogP contribution >= 0.6 is 0 Å². The van der Waals surface area contributed by atoms with Crippen LogP contribution in [0.25, 0.3) is 0 Å². The van der Waals surface area contributed by atoms with Gasteiger partial charge >= 0.3 is 0 Å². The van der Waals surface area contributed by atoms with Gasteiger partial charge in [-0.1, -0.05) is 0 Å². The van der Waals surface area contributed by atoms with Crippen molar-refractivity contribution in [1.82, 2.24) is 9.80 Å². The van der Waals surface area contributed by atoms with Gasteiger partial charge in [0.1, 0.15) is 0 Å². The van der Waals surface area contributed by atoms with Gasteiger partial charge in [-0.05, 0) is 66.0 Å². The predicted octanol–water partition coefficient (Wildman–Crippen LogP) is 1.36. The summed E-state index contributed by atoms with van der Waals surface area (Å²) in [5, 5.41) is 0. The maximum absolute atomic E-state index is 12.8. The first-order valence-electron chi connectivity index (χ1n) is 8.27. The Morgan fingerprint density at radius 1 is 1.05 bits per heavy atom. The van der Waals surface area contributed by atoms with Crippen molar-refractivity contribution >= 4 is 11.8 Å². The lowest BCUT2D eigenvalue weighted by atomic mass is 9.94. The molecule has 2 amide bonds. The number of hydrogen-bond acceptors (Lipinski definition) is 3. The predicted molar refractivity (Wildman–Crippen MR) is 82.6 cm³/mol. The molecular formula is C16H29N3O2. The molecule has 2 N–H and O–H groups in total. The highest BCUT2D eigenvalue weighted by atomic mass is 16.2. The molecular weight excluding hydrogens is 266 g/mol. The molecule has 120 valence electrons. The molecule has 0 aliphatic carbocycles. The van der Waals surface area contributed by atoms with E-state index in [1.165, 1.54) is 6.42 Å². The van der Waals surface area contributed by atoms with Crippen LogP contribution in [-0.2, 0) is 9.59 Å². The number of carbonyl (C=O) groups is 2. The van der Waals surface area contributed by atoms with Gasteiger partial charge in [-0.15, -0.1) is 0 Å². The SMILES string of the molecule is C[C@H](C(=O)N1[C@H](C)CCC[C@@H]1C)N1CCC(C(N)=O)CC1. The van der Waals surface area contributed by atoms with Gasteiger partial charge in [0, 0.05) is 18.0 Å². The molecule has 21 heavy (non-hydrogen) atoms. The first-order valence-corrected chi connectivity index (χ1v) is 8.27. The van der Waals surface area contributed by atoms with Gasteiger partial charge in [-0.2, -0.15) is 0 Å². The Hall–Kier alpha value is -1.10. The monoisotopic (exact) mass is 295 g/mol. The van der Waals surface area contributed by atoms with Crippen molar-refractivity contribution < 1.29 is 9.59 Å². The largest absolute Gasteiger partial charge is 0.369 e. The van der Waals surface area contributed by atoms with Crippen LogP contribution < -0.4 is 5.73 Å². The Morgan fingerprint density at radius 3 is 2.05 bits per heavy atom. The van der Waals surface area contributed by atoms with E-state index in [4.69, 9.17) is 5.73 Å². The normalized spacial score (nSPS) is 30.1. The Balaban J connectivity index is 1.95. The maximum Gasteiger partial charge on any atom is 0.240 e. The topological polar surface area (TPSA) is 66.6 Å². The van der Waals surface area contributed by atoms with Crippen molar-refractivity contribution in [3.63, 3.8) is 0 Å². The zero-order valence-corrected chi connectivity index (χ0v) is 13.5. The van der Waals surface area contributed by atoms with Crippen LogP contribution in [0.15, 0.2) is 0 Å². The van der Waals surface area contributed by atoms with Crippen LogP contribution in [-0.4, -0.2) is 52.8 Å². The second kappa shape index (κ2) is 6.77. The molecule has 2 aliphatic rings. The van der Waals surface area contributed by atoms with Gasteiger partial charge in [-0.3, -0.25) is 14.5 Å². The fourth-order valence-electron chi connectivity index (χ4n) is 3.80. The van der Waals surface area contributed by atoms with E-state index in [1.54, 1.807) is 0 Å². The molecule has 5 heteroatoms. The third kappa shape index (κ3) is 3.57. The molecule has 2 rings (SSSR count). The fraction of sp³-hybridized carbons (Fsp3) is 0.875. The Bertz CT molecular complexity index is 381. The van der Waals surface area contributed by atoms with Gasteiger partial charge < -0.3 is 10.6 Å². The average Bonchev–Trinajstić information content (AvgIpc) is 2.46. The lowest BCUT2D eigenvalue weighted by molar-refractivity contribution is -0.143. The standard InChI is InChI=1S/C16H29N3O2/c1-11-5-4-6-12(2)19(11)16(21)13(3)18-9-7-14(8-10-18)15(17)20/h11-14H,4-10H2,1-3H3,(H2,17,20)/t11-,12+,13-/m1/s1. The summed E-state index contributed by atoms with van der Waals surface area (Å²) in [6.07, 6.45) is 4.97. The van der Waals surface area contributed by atoms with Crippen LogP contribution in [0.1, 0.15) is 52.9 Å². The molecule has 0 aromatic heterocycles. The van der Waals surface area contributed by atoms with Gasteiger partial charge in [-0.25, -0.2) is 0 Å². The van der Waals surface area contributed by atoms with Crippen molar-refractivity contribution in [1.29, 1.82) is 0 Å². The van der Waals surface area contributed by atoms with Crippen molar-refractivity contribution in [2.75, 3.05) is 13.1 Å². The van der Waals surface area contributed by atoms with Crippen molar-refractivity contribution in [2.24, 2.45) is 11.7 Å². The highest BCUT2D eigenvalue weighted by molar-refractivity contribution is 5.82. The summed E-state index contributed by atoms with van der Waals surface area (Å²) in [5.74, 6) is 0.0236. The molecule has 2 fully saturated rings. The second-order valence-electron chi connectivity index (χ2n) is 6.76. The molecule has 5 nitrogen and oxygen atoms in total. The zero-order chi connectivity index (χ0) is 15.6. The Kier molecular flexibility index (Phi) is 5.25. The van der Waals surface area contributed by atoms with Gasteiger partial charge in [0.25, 0.3) is 0 Å². The molecule has 2 heterocycles. The molecule has 0 aromatic rings. The van der Waals surface area contributed by atoms with Crippen molar-refractivity contribution in [2.45, 2.75) is 71.0 Å². The molecule has 0 unspecified atom stereocenters. The minimum atomic E-state index is -0.202. The first-order chi connectivity index (χ1) is 9.91. The summed E-state index contributed by atoms with van der Waals surface area (Å²) >= 11 is 0. The van der Waals surface area contributed by atoms with Gasteiger partial charge in [0.15, 0.2) is 0 Å². The van der Waals surface area contributed by atoms with Crippen LogP contribution in [0, 0.1) is 5.92 Å². The van der Waals surface area contributed by atoms with Crippen molar-refractivity contribution in [3.8, 4) is 0 Å².